The first kappa shape index (κ1) is 16.0. The second kappa shape index (κ2) is 5.98. The third-order valence-electron chi connectivity index (χ3n) is 4.79. The van der Waals surface area contributed by atoms with Crippen LogP contribution in [0.5, 0.6) is 0 Å². The normalized spacial score (nSPS) is 27.3. The van der Waals surface area contributed by atoms with E-state index in [1.807, 2.05) is 29.2 Å². The quantitative estimate of drug-likeness (QED) is 0.835. The molecular formula is C17H19ClN2O3. The molecule has 2 heterocycles. The zero-order valence-electron chi connectivity index (χ0n) is 12.7. The van der Waals surface area contributed by atoms with Gasteiger partial charge in [0.15, 0.2) is 0 Å². The Morgan fingerprint density at radius 2 is 2.09 bits per heavy atom. The van der Waals surface area contributed by atoms with Gasteiger partial charge >= 0.3 is 5.97 Å². The average molecular weight is 335 g/mol. The van der Waals surface area contributed by atoms with Crippen LogP contribution in [0.1, 0.15) is 5.56 Å². The highest BCUT2D eigenvalue weighted by molar-refractivity contribution is 6.30. The summed E-state index contributed by atoms with van der Waals surface area (Å²) in [6, 6.07) is 7.49. The number of carboxylic acids is 1. The van der Waals surface area contributed by atoms with Crippen molar-refractivity contribution >= 4 is 23.5 Å². The lowest BCUT2D eigenvalue weighted by molar-refractivity contribution is -0.149. The van der Waals surface area contributed by atoms with Crippen molar-refractivity contribution in [1.29, 1.82) is 0 Å². The number of halogens is 1. The topological polar surface area (TPSA) is 60.9 Å². The molecule has 1 aromatic carbocycles. The van der Waals surface area contributed by atoms with E-state index in [4.69, 9.17) is 11.6 Å². The van der Waals surface area contributed by atoms with Gasteiger partial charge in [-0.3, -0.25) is 14.5 Å². The monoisotopic (exact) mass is 334 g/mol. The second-order valence-electron chi connectivity index (χ2n) is 6.32. The minimum atomic E-state index is -1.01. The van der Waals surface area contributed by atoms with Gasteiger partial charge in [-0.25, -0.2) is 0 Å². The van der Waals surface area contributed by atoms with Crippen LogP contribution in [0.2, 0.25) is 5.02 Å². The first-order valence-corrected chi connectivity index (χ1v) is 7.94. The van der Waals surface area contributed by atoms with Crippen LogP contribution in [0.15, 0.2) is 36.9 Å². The molecule has 6 heteroatoms. The van der Waals surface area contributed by atoms with Crippen molar-refractivity contribution in [3.63, 3.8) is 0 Å². The van der Waals surface area contributed by atoms with E-state index in [-0.39, 0.29) is 12.5 Å². The minimum absolute atomic E-state index is 0.0779. The molecule has 122 valence electrons. The van der Waals surface area contributed by atoms with E-state index < -0.39 is 17.3 Å². The van der Waals surface area contributed by atoms with Crippen molar-refractivity contribution < 1.29 is 14.7 Å². The van der Waals surface area contributed by atoms with Gasteiger partial charge in [0.2, 0.25) is 5.91 Å². The van der Waals surface area contributed by atoms with E-state index in [1.54, 1.807) is 11.0 Å². The van der Waals surface area contributed by atoms with Crippen LogP contribution in [0.3, 0.4) is 0 Å². The molecule has 3 rings (SSSR count). The standard InChI is InChI=1S/C17H19ClN2O3/c1-2-7-20-11-17(16(22)23)10-19(9-14(17)15(20)21)8-12-3-5-13(18)6-4-12/h2-6,14H,1,7-11H2,(H,22,23)/t14-,17-/m0/s1. The molecule has 0 spiro atoms. The maximum atomic E-state index is 12.5. The van der Waals surface area contributed by atoms with Crippen LogP contribution < -0.4 is 0 Å². The van der Waals surface area contributed by atoms with Gasteiger partial charge in [-0.2, -0.15) is 0 Å². The molecule has 5 nitrogen and oxygen atoms in total. The number of aliphatic carboxylic acids is 1. The van der Waals surface area contributed by atoms with Gasteiger partial charge < -0.3 is 10.0 Å². The molecule has 2 saturated heterocycles. The van der Waals surface area contributed by atoms with Crippen molar-refractivity contribution in [1.82, 2.24) is 9.80 Å². The van der Waals surface area contributed by atoms with Crippen molar-refractivity contribution in [2.75, 3.05) is 26.2 Å². The Kier molecular flexibility index (Phi) is 4.17. The van der Waals surface area contributed by atoms with Crippen LogP contribution >= 0.6 is 11.6 Å². The van der Waals surface area contributed by atoms with E-state index in [9.17, 15) is 14.7 Å². The number of hydrogen-bond acceptors (Lipinski definition) is 3. The fraction of sp³-hybridized carbons (Fsp3) is 0.412. The zero-order chi connectivity index (χ0) is 16.6. The van der Waals surface area contributed by atoms with Crippen LogP contribution in [-0.2, 0) is 16.1 Å². The molecule has 0 bridgehead atoms. The first-order chi connectivity index (χ1) is 11.0. The summed E-state index contributed by atoms with van der Waals surface area (Å²) in [6.45, 7) is 5.78. The number of benzene rings is 1. The molecule has 0 aromatic heterocycles. The van der Waals surface area contributed by atoms with Gasteiger partial charge in [-0.1, -0.05) is 29.8 Å². The Hall–Kier alpha value is -1.85. The largest absolute Gasteiger partial charge is 0.481 e. The van der Waals surface area contributed by atoms with Crippen molar-refractivity contribution in [2.45, 2.75) is 6.54 Å². The fourth-order valence-corrected chi connectivity index (χ4v) is 3.81. The van der Waals surface area contributed by atoms with Gasteiger partial charge in [-0.15, -0.1) is 6.58 Å². The highest BCUT2D eigenvalue weighted by atomic mass is 35.5. The van der Waals surface area contributed by atoms with E-state index in [0.717, 1.165) is 5.56 Å². The molecule has 2 aliphatic heterocycles. The van der Waals surface area contributed by atoms with E-state index in [2.05, 4.69) is 6.58 Å². The van der Waals surface area contributed by atoms with Gasteiger partial charge in [0.25, 0.3) is 0 Å². The molecule has 0 unspecified atom stereocenters. The van der Waals surface area contributed by atoms with Gasteiger partial charge in [0.1, 0.15) is 5.41 Å². The maximum Gasteiger partial charge on any atom is 0.313 e. The summed E-state index contributed by atoms with van der Waals surface area (Å²) in [5.74, 6) is -1.45. The lowest BCUT2D eigenvalue weighted by Gasteiger charge is -2.24. The highest BCUT2D eigenvalue weighted by Crippen LogP contribution is 2.44. The van der Waals surface area contributed by atoms with Crippen molar-refractivity contribution in [2.24, 2.45) is 11.3 Å². The smallest absolute Gasteiger partial charge is 0.313 e. The maximum absolute atomic E-state index is 12.5. The van der Waals surface area contributed by atoms with Gasteiger partial charge in [0, 0.05) is 37.7 Å². The van der Waals surface area contributed by atoms with Crippen LogP contribution in [0.25, 0.3) is 0 Å². The number of carbonyl (C=O) groups is 2. The number of rotatable bonds is 5. The lowest BCUT2D eigenvalue weighted by atomic mass is 9.81. The molecule has 0 radical (unpaired) electrons. The Bertz CT molecular complexity index is 646. The number of amides is 1. The fourth-order valence-electron chi connectivity index (χ4n) is 3.68. The predicted molar refractivity (Wildman–Crippen MR) is 87.1 cm³/mol. The summed E-state index contributed by atoms with van der Waals surface area (Å²) in [7, 11) is 0. The van der Waals surface area contributed by atoms with Gasteiger partial charge in [-0.05, 0) is 17.7 Å². The SMILES string of the molecule is C=CCN1C[C@@]2(C(=O)O)CN(Cc3ccc(Cl)cc3)C[C@H]2C1=O. The summed E-state index contributed by atoms with van der Waals surface area (Å²) >= 11 is 5.89. The number of likely N-dealkylation sites (tertiary alicyclic amines) is 2. The molecule has 0 saturated carbocycles. The molecule has 1 N–H and O–H groups in total. The van der Waals surface area contributed by atoms with E-state index in [0.29, 0.717) is 31.2 Å². The van der Waals surface area contributed by atoms with Crippen LogP contribution in [-0.4, -0.2) is 53.0 Å². The lowest BCUT2D eigenvalue weighted by Crippen LogP contribution is -2.40. The summed E-state index contributed by atoms with van der Waals surface area (Å²) in [5.41, 5.74) is 0.0530. The Balaban J connectivity index is 1.78. The first-order valence-electron chi connectivity index (χ1n) is 7.56. The summed E-state index contributed by atoms with van der Waals surface area (Å²) in [4.78, 5) is 28.0. The second-order valence-corrected chi connectivity index (χ2v) is 6.75. The zero-order valence-corrected chi connectivity index (χ0v) is 13.5. The number of carboxylic acid groups (broad SMARTS) is 1. The molecule has 1 aromatic rings. The number of nitrogens with zero attached hydrogens (tertiary/aromatic N) is 2. The predicted octanol–water partition coefficient (Wildman–Crippen LogP) is 1.87. The van der Waals surface area contributed by atoms with Gasteiger partial charge in [0.05, 0.1) is 5.92 Å². The summed E-state index contributed by atoms with van der Waals surface area (Å²) < 4.78 is 0. The minimum Gasteiger partial charge on any atom is -0.481 e. The van der Waals surface area contributed by atoms with Crippen molar-refractivity contribution in [3.8, 4) is 0 Å². The van der Waals surface area contributed by atoms with E-state index in [1.165, 1.54) is 0 Å². The van der Waals surface area contributed by atoms with E-state index >= 15 is 0 Å². The Morgan fingerprint density at radius 1 is 1.39 bits per heavy atom. The average Bonchev–Trinajstić information content (AvgIpc) is 2.99. The van der Waals surface area contributed by atoms with Crippen molar-refractivity contribution in [3.05, 3.63) is 47.5 Å². The van der Waals surface area contributed by atoms with Crippen LogP contribution in [0.4, 0.5) is 0 Å². The van der Waals surface area contributed by atoms with Crippen LogP contribution in [0, 0.1) is 11.3 Å². The summed E-state index contributed by atoms with van der Waals surface area (Å²) in [6.07, 6.45) is 1.64. The third-order valence-corrected chi connectivity index (χ3v) is 5.04. The number of fused-ring (bicyclic) bond motifs is 1. The molecule has 0 aliphatic carbocycles. The molecule has 2 fully saturated rings. The Morgan fingerprint density at radius 3 is 2.65 bits per heavy atom. The summed E-state index contributed by atoms with van der Waals surface area (Å²) in [5, 5.41) is 10.4. The Labute approximate surface area is 140 Å². The molecule has 2 aliphatic rings. The molecule has 23 heavy (non-hydrogen) atoms. The molecule has 2 atom stereocenters. The number of carbonyl (C=O) groups excluding carboxylic acids is 1. The third kappa shape index (κ3) is 2.75. The molecule has 1 amide bonds. The molecular weight excluding hydrogens is 316 g/mol. The number of hydrogen-bond donors (Lipinski definition) is 1. The highest BCUT2D eigenvalue weighted by Gasteiger charge is 2.61.